The fraction of sp³-hybridized carbons (Fsp3) is 0.455. The van der Waals surface area contributed by atoms with Crippen LogP contribution >= 0.6 is 39.1 Å². The van der Waals surface area contributed by atoms with Gasteiger partial charge in [-0.15, -0.1) is 0 Å². The SMILES string of the molecule is COC(C)(C)CNS(=O)(=O)c1c(Cl)cc(Br)cc1Cl. The third kappa shape index (κ3) is 4.58. The Balaban J connectivity index is 3.09. The van der Waals surface area contributed by atoms with Gasteiger partial charge in [-0.25, -0.2) is 13.1 Å². The Labute approximate surface area is 131 Å². The van der Waals surface area contributed by atoms with Gasteiger partial charge in [-0.3, -0.25) is 0 Å². The molecule has 0 aliphatic heterocycles. The van der Waals surface area contributed by atoms with Gasteiger partial charge in [-0.2, -0.15) is 0 Å². The van der Waals surface area contributed by atoms with Gasteiger partial charge in [0.2, 0.25) is 10.0 Å². The normalized spacial score (nSPS) is 12.7. The Hall–Kier alpha value is 0.150. The average Bonchev–Trinajstić information content (AvgIpc) is 2.25. The van der Waals surface area contributed by atoms with Crippen molar-refractivity contribution in [2.24, 2.45) is 0 Å². The molecule has 108 valence electrons. The molecule has 0 saturated heterocycles. The minimum absolute atomic E-state index is 0.0575. The maximum absolute atomic E-state index is 12.2. The summed E-state index contributed by atoms with van der Waals surface area (Å²) in [6.45, 7) is 3.63. The maximum atomic E-state index is 12.2. The number of hydrogen-bond donors (Lipinski definition) is 1. The largest absolute Gasteiger partial charge is 0.377 e. The number of halogens is 3. The van der Waals surface area contributed by atoms with Crippen molar-refractivity contribution in [3.05, 3.63) is 26.7 Å². The highest BCUT2D eigenvalue weighted by molar-refractivity contribution is 9.10. The highest BCUT2D eigenvalue weighted by atomic mass is 79.9. The highest BCUT2D eigenvalue weighted by Gasteiger charge is 2.25. The van der Waals surface area contributed by atoms with Crippen molar-refractivity contribution in [3.63, 3.8) is 0 Å². The lowest BCUT2D eigenvalue weighted by molar-refractivity contribution is 0.0276. The highest BCUT2D eigenvalue weighted by Crippen LogP contribution is 2.32. The van der Waals surface area contributed by atoms with Crippen LogP contribution < -0.4 is 4.72 Å². The van der Waals surface area contributed by atoms with Gasteiger partial charge in [0, 0.05) is 18.1 Å². The Morgan fingerprint density at radius 2 is 1.79 bits per heavy atom. The van der Waals surface area contributed by atoms with E-state index >= 15 is 0 Å². The molecule has 1 aromatic rings. The molecule has 0 spiro atoms. The first-order chi connectivity index (χ1) is 8.59. The first-order valence-electron chi connectivity index (χ1n) is 5.28. The topological polar surface area (TPSA) is 55.4 Å². The second-order valence-electron chi connectivity index (χ2n) is 4.49. The molecule has 8 heteroatoms. The minimum Gasteiger partial charge on any atom is -0.377 e. The Kier molecular flexibility index (Phi) is 5.69. The molecule has 0 unspecified atom stereocenters. The number of methoxy groups -OCH3 is 1. The van der Waals surface area contributed by atoms with Crippen LogP contribution in [-0.4, -0.2) is 27.7 Å². The summed E-state index contributed by atoms with van der Waals surface area (Å²) in [5, 5.41) is 0.115. The van der Waals surface area contributed by atoms with Crippen LogP contribution in [0.4, 0.5) is 0 Å². The molecule has 1 N–H and O–H groups in total. The van der Waals surface area contributed by atoms with E-state index in [2.05, 4.69) is 20.7 Å². The van der Waals surface area contributed by atoms with Crippen molar-refractivity contribution in [1.29, 1.82) is 0 Å². The monoisotopic (exact) mass is 389 g/mol. The summed E-state index contributed by atoms with van der Waals surface area (Å²) < 4.78 is 32.6. The van der Waals surface area contributed by atoms with Crippen LogP contribution in [0, 0.1) is 0 Å². The van der Waals surface area contributed by atoms with E-state index in [-0.39, 0.29) is 21.5 Å². The molecular formula is C11H14BrCl2NO3S. The van der Waals surface area contributed by atoms with Crippen LogP contribution in [0.1, 0.15) is 13.8 Å². The molecule has 1 aromatic carbocycles. The molecule has 0 heterocycles. The summed E-state index contributed by atoms with van der Waals surface area (Å²) >= 11 is 15.1. The van der Waals surface area contributed by atoms with Gasteiger partial charge in [0.25, 0.3) is 0 Å². The number of ether oxygens (including phenoxy) is 1. The van der Waals surface area contributed by atoms with Gasteiger partial charge in [0.15, 0.2) is 0 Å². The Morgan fingerprint density at radius 3 is 2.21 bits per heavy atom. The van der Waals surface area contributed by atoms with E-state index in [1.165, 1.54) is 19.2 Å². The lowest BCUT2D eigenvalue weighted by Crippen LogP contribution is -2.39. The number of sulfonamides is 1. The molecule has 0 fully saturated rings. The van der Waals surface area contributed by atoms with Crippen molar-refractivity contribution in [1.82, 2.24) is 4.72 Å². The summed E-state index contributed by atoms with van der Waals surface area (Å²) in [6, 6.07) is 2.95. The van der Waals surface area contributed by atoms with Crippen LogP contribution in [0.25, 0.3) is 0 Å². The quantitative estimate of drug-likeness (QED) is 0.837. The van der Waals surface area contributed by atoms with E-state index < -0.39 is 15.6 Å². The van der Waals surface area contributed by atoms with E-state index in [0.717, 1.165) is 0 Å². The number of hydrogen-bond acceptors (Lipinski definition) is 3. The van der Waals surface area contributed by atoms with Crippen molar-refractivity contribution >= 4 is 49.2 Å². The Bertz CT molecular complexity index is 552. The number of rotatable bonds is 5. The second-order valence-corrected chi connectivity index (χ2v) is 7.92. The first-order valence-corrected chi connectivity index (χ1v) is 8.31. The zero-order chi connectivity index (χ0) is 14.8. The standard InChI is InChI=1S/C11H14BrCl2NO3S/c1-11(2,18-3)6-15-19(16,17)10-8(13)4-7(12)5-9(10)14/h4-5,15H,6H2,1-3H3. The van der Waals surface area contributed by atoms with Crippen LogP contribution in [0.15, 0.2) is 21.5 Å². The molecule has 0 amide bonds. The third-order valence-electron chi connectivity index (χ3n) is 2.47. The maximum Gasteiger partial charge on any atom is 0.243 e. The van der Waals surface area contributed by atoms with Gasteiger partial charge < -0.3 is 4.74 Å². The molecule has 0 saturated carbocycles. The minimum atomic E-state index is -3.80. The fourth-order valence-corrected chi connectivity index (χ4v) is 4.33. The molecule has 0 aromatic heterocycles. The third-order valence-corrected chi connectivity index (χ3v) is 5.25. The molecule has 19 heavy (non-hydrogen) atoms. The molecule has 1 rings (SSSR count). The van der Waals surface area contributed by atoms with Crippen LogP contribution in [-0.2, 0) is 14.8 Å². The molecule has 0 atom stereocenters. The van der Waals surface area contributed by atoms with E-state index in [4.69, 9.17) is 27.9 Å². The van der Waals surface area contributed by atoms with Crippen molar-refractivity contribution in [3.8, 4) is 0 Å². The Morgan fingerprint density at radius 1 is 1.32 bits per heavy atom. The van der Waals surface area contributed by atoms with Crippen molar-refractivity contribution in [2.75, 3.05) is 13.7 Å². The predicted molar refractivity (Wildman–Crippen MR) is 80.4 cm³/mol. The summed E-state index contributed by atoms with van der Waals surface area (Å²) in [6.07, 6.45) is 0. The summed E-state index contributed by atoms with van der Waals surface area (Å²) in [7, 11) is -2.29. The van der Waals surface area contributed by atoms with Gasteiger partial charge >= 0.3 is 0 Å². The first kappa shape index (κ1) is 17.2. The zero-order valence-electron chi connectivity index (χ0n) is 10.6. The smallest absolute Gasteiger partial charge is 0.243 e. The van der Waals surface area contributed by atoms with Crippen LogP contribution in [0.5, 0.6) is 0 Å². The van der Waals surface area contributed by atoms with Crippen LogP contribution in [0.3, 0.4) is 0 Å². The second kappa shape index (κ2) is 6.28. The summed E-state index contributed by atoms with van der Waals surface area (Å²) in [5.74, 6) is 0. The predicted octanol–water partition coefficient (Wildman–Crippen LogP) is 3.46. The summed E-state index contributed by atoms with van der Waals surface area (Å²) in [5.41, 5.74) is -0.624. The molecule has 0 aliphatic carbocycles. The number of benzene rings is 1. The van der Waals surface area contributed by atoms with Gasteiger partial charge in [0.05, 0.1) is 15.6 Å². The van der Waals surface area contributed by atoms with E-state index in [0.29, 0.717) is 4.47 Å². The van der Waals surface area contributed by atoms with Gasteiger partial charge in [-0.05, 0) is 26.0 Å². The zero-order valence-corrected chi connectivity index (χ0v) is 14.5. The van der Waals surface area contributed by atoms with E-state index in [1.54, 1.807) is 13.8 Å². The number of nitrogens with one attached hydrogen (secondary N) is 1. The van der Waals surface area contributed by atoms with Gasteiger partial charge in [-0.1, -0.05) is 39.1 Å². The van der Waals surface area contributed by atoms with E-state index in [1.807, 2.05) is 0 Å². The van der Waals surface area contributed by atoms with Crippen molar-refractivity contribution in [2.45, 2.75) is 24.3 Å². The fourth-order valence-electron chi connectivity index (χ4n) is 1.20. The molecule has 0 bridgehead atoms. The molecular weight excluding hydrogens is 377 g/mol. The van der Waals surface area contributed by atoms with Crippen molar-refractivity contribution < 1.29 is 13.2 Å². The lowest BCUT2D eigenvalue weighted by Gasteiger charge is -2.23. The van der Waals surface area contributed by atoms with Gasteiger partial charge in [0.1, 0.15) is 4.90 Å². The van der Waals surface area contributed by atoms with Crippen LogP contribution in [0.2, 0.25) is 10.0 Å². The molecule has 0 radical (unpaired) electrons. The average molecular weight is 391 g/mol. The molecule has 0 aliphatic rings. The summed E-state index contributed by atoms with van der Waals surface area (Å²) in [4.78, 5) is -0.133. The lowest BCUT2D eigenvalue weighted by atomic mass is 10.1. The molecule has 4 nitrogen and oxygen atoms in total. The van der Waals surface area contributed by atoms with E-state index in [9.17, 15) is 8.42 Å².